The second-order valence-electron chi connectivity index (χ2n) is 8.25. The summed E-state index contributed by atoms with van der Waals surface area (Å²) in [4.78, 5) is 23.7. The van der Waals surface area contributed by atoms with E-state index in [9.17, 15) is 14.7 Å². The van der Waals surface area contributed by atoms with E-state index in [4.69, 9.17) is 4.74 Å². The largest absolute Gasteiger partial charge is 0.481 e. The number of aliphatic carboxylic acids is 1. The van der Waals surface area contributed by atoms with Crippen molar-refractivity contribution in [1.29, 1.82) is 0 Å². The molecule has 0 unspecified atom stereocenters. The van der Waals surface area contributed by atoms with Crippen LogP contribution >= 0.6 is 0 Å². The molecule has 0 saturated heterocycles. The number of carboxylic acid groups (broad SMARTS) is 1. The van der Waals surface area contributed by atoms with Gasteiger partial charge < -0.3 is 9.84 Å². The molecule has 2 aliphatic carbocycles. The summed E-state index contributed by atoms with van der Waals surface area (Å²) in [6, 6.07) is 0. The minimum atomic E-state index is -0.660. The second kappa shape index (κ2) is 6.05. The fourth-order valence-corrected chi connectivity index (χ4v) is 5.64. The highest BCUT2D eigenvalue weighted by molar-refractivity contribution is 5.90. The van der Waals surface area contributed by atoms with Gasteiger partial charge in [-0.1, -0.05) is 25.5 Å². The molecule has 4 heteroatoms. The van der Waals surface area contributed by atoms with E-state index < -0.39 is 11.4 Å². The quantitative estimate of drug-likeness (QED) is 0.621. The Morgan fingerprint density at radius 1 is 1.42 bits per heavy atom. The summed E-state index contributed by atoms with van der Waals surface area (Å²) in [6.45, 7) is 8.88. The van der Waals surface area contributed by atoms with Gasteiger partial charge in [-0.05, 0) is 68.8 Å². The molecule has 0 aromatic heterocycles. The number of hydrogen-bond acceptors (Lipinski definition) is 3. The predicted octanol–water partition coefficient (Wildman–Crippen LogP) is 4.11. The number of cyclic esters (lactones) is 1. The lowest BCUT2D eigenvalue weighted by Crippen LogP contribution is -2.53. The minimum Gasteiger partial charge on any atom is -0.481 e. The molecule has 1 aliphatic heterocycles. The topological polar surface area (TPSA) is 63.6 Å². The summed E-state index contributed by atoms with van der Waals surface area (Å²) in [6.07, 6.45) is 8.01. The first-order valence-corrected chi connectivity index (χ1v) is 9.06. The van der Waals surface area contributed by atoms with Crippen molar-refractivity contribution in [3.8, 4) is 0 Å². The lowest BCUT2D eigenvalue weighted by atomic mass is 9.46. The number of ether oxygens (including phenoxy) is 1. The average molecular weight is 332 g/mol. The average Bonchev–Trinajstić information content (AvgIpc) is 2.91. The van der Waals surface area contributed by atoms with Crippen LogP contribution in [0.1, 0.15) is 58.8 Å². The summed E-state index contributed by atoms with van der Waals surface area (Å²) in [5.74, 6) is -0.398. The molecule has 2 fully saturated rings. The van der Waals surface area contributed by atoms with Crippen molar-refractivity contribution >= 4 is 11.9 Å². The number of carboxylic acids is 1. The van der Waals surface area contributed by atoms with Crippen molar-refractivity contribution in [2.45, 2.75) is 58.8 Å². The lowest BCUT2D eigenvalue weighted by molar-refractivity contribution is -0.164. The number of rotatable bonds is 4. The Balaban J connectivity index is 1.83. The van der Waals surface area contributed by atoms with E-state index in [1.165, 1.54) is 5.57 Å². The van der Waals surface area contributed by atoms with Crippen molar-refractivity contribution in [2.24, 2.45) is 22.7 Å². The Kier molecular flexibility index (Phi) is 4.35. The van der Waals surface area contributed by atoms with Crippen molar-refractivity contribution in [3.63, 3.8) is 0 Å². The van der Waals surface area contributed by atoms with Crippen LogP contribution in [0, 0.1) is 22.7 Å². The molecule has 2 saturated carbocycles. The molecule has 3 rings (SSSR count). The van der Waals surface area contributed by atoms with Gasteiger partial charge in [-0.3, -0.25) is 4.79 Å². The molecule has 24 heavy (non-hydrogen) atoms. The molecule has 0 aromatic carbocycles. The Morgan fingerprint density at radius 3 is 2.79 bits per heavy atom. The zero-order chi connectivity index (χ0) is 17.5. The van der Waals surface area contributed by atoms with E-state index >= 15 is 0 Å². The van der Waals surface area contributed by atoms with Gasteiger partial charge in [-0.15, -0.1) is 0 Å². The third-order valence-electron chi connectivity index (χ3n) is 7.02. The Hall–Kier alpha value is -1.58. The van der Waals surface area contributed by atoms with E-state index in [1.807, 2.05) is 13.0 Å². The first-order chi connectivity index (χ1) is 11.3. The molecule has 1 heterocycles. The summed E-state index contributed by atoms with van der Waals surface area (Å²) < 4.78 is 5.00. The van der Waals surface area contributed by atoms with Gasteiger partial charge >= 0.3 is 11.9 Å². The maximum atomic E-state index is 12.0. The first kappa shape index (κ1) is 17.2. The maximum absolute atomic E-state index is 12.0. The SMILES string of the molecule is C=C1CC[C@@H]2[C@@](C)(CCC[C@@]2(C)C(=O)O)[C@@H]1CCC1=CCOC1=O. The van der Waals surface area contributed by atoms with Gasteiger partial charge in [-0.25, -0.2) is 4.79 Å². The van der Waals surface area contributed by atoms with Crippen molar-refractivity contribution in [3.05, 3.63) is 23.8 Å². The van der Waals surface area contributed by atoms with E-state index in [-0.39, 0.29) is 23.2 Å². The zero-order valence-corrected chi connectivity index (χ0v) is 14.8. The first-order valence-electron chi connectivity index (χ1n) is 9.06. The van der Waals surface area contributed by atoms with Crippen molar-refractivity contribution in [2.75, 3.05) is 6.61 Å². The normalized spacial score (nSPS) is 39.2. The van der Waals surface area contributed by atoms with Gasteiger partial charge in [0.25, 0.3) is 0 Å². The van der Waals surface area contributed by atoms with Crippen molar-refractivity contribution in [1.82, 2.24) is 0 Å². The fraction of sp³-hybridized carbons (Fsp3) is 0.700. The second-order valence-corrected chi connectivity index (χ2v) is 8.25. The summed E-state index contributed by atoms with van der Waals surface area (Å²) in [5, 5.41) is 9.85. The molecule has 4 nitrogen and oxygen atoms in total. The van der Waals surface area contributed by atoms with Crippen LogP contribution in [-0.2, 0) is 14.3 Å². The van der Waals surface area contributed by atoms with Crippen LogP contribution in [0.3, 0.4) is 0 Å². The number of carbonyl (C=O) groups is 2. The fourth-order valence-electron chi connectivity index (χ4n) is 5.64. The lowest BCUT2D eigenvalue weighted by Gasteiger charge is -2.57. The molecule has 0 bridgehead atoms. The van der Waals surface area contributed by atoms with Gasteiger partial charge in [0.2, 0.25) is 0 Å². The van der Waals surface area contributed by atoms with E-state index in [0.29, 0.717) is 13.0 Å². The molecule has 3 aliphatic rings. The van der Waals surface area contributed by atoms with Gasteiger partial charge in [0.15, 0.2) is 0 Å². The van der Waals surface area contributed by atoms with Gasteiger partial charge in [0, 0.05) is 5.57 Å². The highest BCUT2D eigenvalue weighted by atomic mass is 16.5. The summed E-state index contributed by atoms with van der Waals surface area (Å²) >= 11 is 0. The molecule has 0 spiro atoms. The Bertz CT molecular complexity index is 605. The van der Waals surface area contributed by atoms with Gasteiger partial charge in [0.05, 0.1) is 5.41 Å². The monoisotopic (exact) mass is 332 g/mol. The smallest absolute Gasteiger partial charge is 0.334 e. The maximum Gasteiger partial charge on any atom is 0.334 e. The van der Waals surface area contributed by atoms with Crippen LogP contribution in [0.2, 0.25) is 0 Å². The predicted molar refractivity (Wildman–Crippen MR) is 91.3 cm³/mol. The zero-order valence-electron chi connectivity index (χ0n) is 14.8. The highest BCUT2D eigenvalue weighted by Crippen LogP contribution is 2.62. The Labute approximate surface area is 144 Å². The molecule has 1 N–H and O–H groups in total. The van der Waals surface area contributed by atoms with Crippen LogP contribution in [0.4, 0.5) is 0 Å². The summed E-state index contributed by atoms with van der Waals surface area (Å²) in [7, 11) is 0. The number of esters is 1. The van der Waals surface area contributed by atoms with Crippen molar-refractivity contribution < 1.29 is 19.4 Å². The van der Waals surface area contributed by atoms with Crippen LogP contribution in [-0.4, -0.2) is 23.7 Å². The molecule has 132 valence electrons. The number of carbonyl (C=O) groups excluding carboxylic acids is 1. The van der Waals surface area contributed by atoms with Crippen LogP contribution in [0.25, 0.3) is 0 Å². The summed E-state index contributed by atoms with van der Waals surface area (Å²) in [5.41, 5.74) is 1.32. The van der Waals surface area contributed by atoms with E-state index in [2.05, 4.69) is 13.5 Å². The van der Waals surface area contributed by atoms with E-state index in [0.717, 1.165) is 44.1 Å². The van der Waals surface area contributed by atoms with Gasteiger partial charge in [0.1, 0.15) is 6.61 Å². The molecular formula is C20H28O4. The minimum absolute atomic E-state index is 0.0379. The van der Waals surface area contributed by atoms with Crippen LogP contribution < -0.4 is 0 Å². The standard InChI is InChI=1S/C20H28O4/c1-13-5-8-16-19(2,10-4-11-20(16,3)18(22)23)15(13)7-6-14-9-12-24-17(14)21/h9,15-16H,1,4-8,10-12H2,2-3H3,(H,22,23)/t15-,16-,19+,20-/m1/s1. The Morgan fingerprint density at radius 2 is 2.17 bits per heavy atom. The molecule has 4 atom stereocenters. The number of fused-ring (bicyclic) bond motifs is 1. The molecule has 0 aromatic rings. The van der Waals surface area contributed by atoms with Crippen LogP contribution in [0.15, 0.2) is 23.8 Å². The molecule has 0 amide bonds. The number of allylic oxidation sites excluding steroid dienone is 1. The third-order valence-corrected chi connectivity index (χ3v) is 7.02. The highest BCUT2D eigenvalue weighted by Gasteiger charge is 2.57. The van der Waals surface area contributed by atoms with E-state index in [1.54, 1.807) is 0 Å². The van der Waals surface area contributed by atoms with Crippen LogP contribution in [0.5, 0.6) is 0 Å². The molecular weight excluding hydrogens is 304 g/mol. The molecule has 0 radical (unpaired) electrons. The number of hydrogen-bond donors (Lipinski definition) is 1. The van der Waals surface area contributed by atoms with Gasteiger partial charge in [-0.2, -0.15) is 0 Å². The third kappa shape index (κ3) is 2.60.